The highest BCUT2D eigenvalue weighted by atomic mass is 79.9. The van der Waals surface area contributed by atoms with E-state index in [0.29, 0.717) is 16.9 Å². The van der Waals surface area contributed by atoms with E-state index in [1.165, 1.54) is 31.5 Å². The molecule has 172 valence electrons. The fourth-order valence-electron chi connectivity index (χ4n) is 3.19. The summed E-state index contributed by atoms with van der Waals surface area (Å²) in [6, 6.07) is 23.7. The van der Waals surface area contributed by atoms with Gasteiger partial charge in [-0.2, -0.15) is 13.5 Å². The van der Waals surface area contributed by atoms with Crippen LogP contribution in [0.25, 0.3) is 10.8 Å². The maximum atomic E-state index is 12.7. The second-order valence-electron chi connectivity index (χ2n) is 7.16. The zero-order chi connectivity index (χ0) is 24.1. The fraction of sp³-hybridized carbons (Fsp3) is 0.0400. The van der Waals surface area contributed by atoms with Gasteiger partial charge < -0.3 is 8.92 Å². The number of nitrogens with one attached hydrogen (secondary N) is 1. The highest BCUT2D eigenvalue weighted by Gasteiger charge is 2.17. The van der Waals surface area contributed by atoms with Crippen LogP contribution in [0.3, 0.4) is 0 Å². The van der Waals surface area contributed by atoms with E-state index < -0.39 is 16.0 Å². The molecule has 0 aromatic heterocycles. The predicted molar refractivity (Wildman–Crippen MR) is 134 cm³/mol. The topological polar surface area (TPSA) is 94.1 Å². The van der Waals surface area contributed by atoms with Crippen LogP contribution in [-0.2, 0) is 10.1 Å². The molecule has 4 aromatic carbocycles. The molecule has 7 nitrogen and oxygen atoms in total. The Kier molecular flexibility index (Phi) is 6.95. The van der Waals surface area contributed by atoms with Gasteiger partial charge in [0.25, 0.3) is 5.91 Å². The summed E-state index contributed by atoms with van der Waals surface area (Å²) in [5.74, 6) is 0.147. The number of nitrogens with zero attached hydrogens (tertiary/aromatic N) is 1. The third kappa shape index (κ3) is 5.44. The standard InChI is InChI=1S/C25H19BrN2O5S/c1-32-24-13-9-20(26)15-23(24)25(29)28-27-16-17-6-10-21(11-7-17)33-34(30,31)22-12-8-18-4-2-3-5-19(18)14-22/h2-16H,1H3,(H,28,29)/b27-16-. The zero-order valence-corrected chi connectivity index (χ0v) is 20.3. The minimum atomic E-state index is -3.99. The van der Waals surface area contributed by atoms with Gasteiger partial charge in [0.2, 0.25) is 0 Å². The van der Waals surface area contributed by atoms with Gasteiger partial charge >= 0.3 is 10.1 Å². The first-order chi connectivity index (χ1) is 16.4. The Balaban J connectivity index is 1.42. The molecule has 0 unspecified atom stereocenters. The third-order valence-electron chi connectivity index (χ3n) is 4.88. The normalized spacial score (nSPS) is 11.5. The van der Waals surface area contributed by atoms with E-state index in [0.717, 1.165) is 15.2 Å². The summed E-state index contributed by atoms with van der Waals surface area (Å²) in [4.78, 5) is 12.5. The van der Waals surface area contributed by atoms with Crippen molar-refractivity contribution in [3.05, 3.63) is 101 Å². The first-order valence-electron chi connectivity index (χ1n) is 10.1. The lowest BCUT2D eigenvalue weighted by atomic mass is 10.1. The molecule has 0 heterocycles. The van der Waals surface area contributed by atoms with Gasteiger partial charge in [0.15, 0.2) is 0 Å². The van der Waals surface area contributed by atoms with E-state index >= 15 is 0 Å². The number of methoxy groups -OCH3 is 1. The Hall–Kier alpha value is -3.69. The summed E-state index contributed by atoms with van der Waals surface area (Å²) >= 11 is 3.32. The fourth-order valence-corrected chi connectivity index (χ4v) is 4.52. The second-order valence-corrected chi connectivity index (χ2v) is 9.62. The number of fused-ring (bicyclic) bond motifs is 1. The quantitative estimate of drug-likeness (QED) is 0.199. The second kappa shape index (κ2) is 10.1. The van der Waals surface area contributed by atoms with Crippen LogP contribution in [-0.4, -0.2) is 27.6 Å². The number of hydrogen-bond donors (Lipinski definition) is 1. The van der Waals surface area contributed by atoms with Crippen molar-refractivity contribution in [3.63, 3.8) is 0 Å². The van der Waals surface area contributed by atoms with Crippen LogP contribution < -0.4 is 14.3 Å². The van der Waals surface area contributed by atoms with E-state index in [4.69, 9.17) is 8.92 Å². The number of carbonyl (C=O) groups excluding carboxylic acids is 1. The molecule has 34 heavy (non-hydrogen) atoms. The summed E-state index contributed by atoms with van der Waals surface area (Å²) in [6.45, 7) is 0. The number of ether oxygens (including phenoxy) is 1. The van der Waals surface area contributed by atoms with Gasteiger partial charge in [-0.1, -0.05) is 46.3 Å². The summed E-state index contributed by atoms with van der Waals surface area (Å²) in [7, 11) is -2.51. The monoisotopic (exact) mass is 538 g/mol. The zero-order valence-electron chi connectivity index (χ0n) is 17.9. The van der Waals surface area contributed by atoms with Crippen molar-refractivity contribution < 1.29 is 22.1 Å². The van der Waals surface area contributed by atoms with Gasteiger partial charge in [-0.25, -0.2) is 5.43 Å². The molecule has 1 N–H and O–H groups in total. The summed E-state index contributed by atoms with van der Waals surface area (Å²) in [5, 5.41) is 5.70. The largest absolute Gasteiger partial charge is 0.496 e. The molecule has 0 aliphatic carbocycles. The molecule has 0 spiro atoms. The van der Waals surface area contributed by atoms with Gasteiger partial charge in [0.1, 0.15) is 16.4 Å². The summed E-state index contributed by atoms with van der Waals surface area (Å²) in [5.41, 5.74) is 3.41. The molecule has 1 amide bonds. The Morgan fingerprint density at radius 3 is 2.41 bits per heavy atom. The van der Waals surface area contributed by atoms with Crippen molar-refractivity contribution in [2.24, 2.45) is 5.10 Å². The Morgan fingerprint density at radius 1 is 0.941 bits per heavy atom. The average molecular weight is 539 g/mol. The predicted octanol–water partition coefficient (Wildman–Crippen LogP) is 5.14. The highest BCUT2D eigenvalue weighted by molar-refractivity contribution is 9.10. The van der Waals surface area contributed by atoms with Crippen LogP contribution in [0.15, 0.2) is 99.4 Å². The lowest BCUT2D eigenvalue weighted by Gasteiger charge is -2.08. The maximum Gasteiger partial charge on any atom is 0.339 e. The number of benzene rings is 4. The molecule has 0 saturated heterocycles. The molecule has 0 bridgehead atoms. The van der Waals surface area contributed by atoms with E-state index in [1.807, 2.05) is 24.3 Å². The van der Waals surface area contributed by atoms with Gasteiger partial charge in [0.05, 0.1) is 18.9 Å². The van der Waals surface area contributed by atoms with Crippen molar-refractivity contribution in [1.82, 2.24) is 5.43 Å². The maximum absolute atomic E-state index is 12.7. The molecule has 9 heteroatoms. The molecule has 4 aromatic rings. The minimum Gasteiger partial charge on any atom is -0.496 e. The van der Waals surface area contributed by atoms with E-state index in [-0.39, 0.29) is 10.6 Å². The van der Waals surface area contributed by atoms with Crippen LogP contribution in [0.2, 0.25) is 0 Å². The Bertz CT molecular complexity index is 1490. The van der Waals surface area contributed by atoms with Gasteiger partial charge in [-0.15, -0.1) is 0 Å². The molecular formula is C25H19BrN2O5S. The van der Waals surface area contributed by atoms with Crippen molar-refractivity contribution in [3.8, 4) is 11.5 Å². The van der Waals surface area contributed by atoms with Crippen molar-refractivity contribution >= 4 is 48.9 Å². The number of rotatable bonds is 7. The first-order valence-corrected chi connectivity index (χ1v) is 12.3. The lowest BCUT2D eigenvalue weighted by molar-refractivity contribution is 0.0952. The number of halogens is 1. The number of amides is 1. The molecule has 0 saturated carbocycles. The minimum absolute atomic E-state index is 0.0718. The number of carbonyl (C=O) groups is 1. The third-order valence-corrected chi connectivity index (χ3v) is 6.62. The van der Waals surface area contributed by atoms with E-state index in [2.05, 4.69) is 26.5 Å². The lowest BCUT2D eigenvalue weighted by Crippen LogP contribution is -2.18. The Labute approximate surface area is 205 Å². The van der Waals surface area contributed by atoms with Gasteiger partial charge in [-0.05, 0) is 70.9 Å². The van der Waals surface area contributed by atoms with Gasteiger partial charge in [0, 0.05) is 4.47 Å². The average Bonchev–Trinajstić information content (AvgIpc) is 2.84. The van der Waals surface area contributed by atoms with Crippen LogP contribution in [0.4, 0.5) is 0 Å². The highest BCUT2D eigenvalue weighted by Crippen LogP contribution is 2.24. The number of hydrogen-bond acceptors (Lipinski definition) is 6. The molecule has 0 atom stereocenters. The van der Waals surface area contributed by atoms with E-state index in [1.54, 1.807) is 42.5 Å². The first kappa shape index (κ1) is 23.5. The molecular weight excluding hydrogens is 520 g/mol. The molecule has 0 aliphatic rings. The van der Waals surface area contributed by atoms with Crippen molar-refractivity contribution in [2.45, 2.75) is 4.90 Å². The number of hydrazone groups is 1. The Morgan fingerprint density at radius 2 is 1.68 bits per heavy atom. The summed E-state index contributed by atoms with van der Waals surface area (Å²) in [6.07, 6.45) is 1.43. The smallest absolute Gasteiger partial charge is 0.339 e. The SMILES string of the molecule is COc1ccc(Br)cc1C(=O)N/N=C\c1ccc(OS(=O)(=O)c2ccc3ccccc3c2)cc1. The van der Waals surface area contributed by atoms with Crippen molar-refractivity contribution in [1.29, 1.82) is 0 Å². The van der Waals surface area contributed by atoms with Crippen LogP contribution >= 0.6 is 15.9 Å². The molecule has 4 rings (SSSR count). The van der Waals surface area contributed by atoms with Crippen LogP contribution in [0, 0.1) is 0 Å². The van der Waals surface area contributed by atoms with E-state index in [9.17, 15) is 13.2 Å². The van der Waals surface area contributed by atoms with Gasteiger partial charge in [-0.3, -0.25) is 4.79 Å². The molecule has 0 fully saturated rings. The molecule has 0 radical (unpaired) electrons. The van der Waals surface area contributed by atoms with Crippen LogP contribution in [0.5, 0.6) is 11.5 Å². The molecule has 0 aliphatic heterocycles. The van der Waals surface area contributed by atoms with Crippen LogP contribution in [0.1, 0.15) is 15.9 Å². The van der Waals surface area contributed by atoms with Crippen molar-refractivity contribution in [2.75, 3.05) is 7.11 Å². The summed E-state index contributed by atoms with van der Waals surface area (Å²) < 4.78 is 36.6.